The molecule has 4 nitrogen and oxygen atoms in total. The fraction of sp³-hybridized carbons (Fsp3) is 0.556. The predicted molar refractivity (Wildman–Crippen MR) is 51.1 cm³/mol. The smallest absolute Gasteiger partial charge is 0.311 e. The summed E-state index contributed by atoms with van der Waals surface area (Å²) in [7, 11) is 0. The largest absolute Gasteiger partial charge is 0.325 e. The molecule has 0 radical (unpaired) electrons. The SMILES string of the molecule is CCCc1[nH]c(=O)[nH]c(=O)c1CC. The van der Waals surface area contributed by atoms with Crippen molar-refractivity contribution in [2.45, 2.75) is 33.1 Å². The summed E-state index contributed by atoms with van der Waals surface area (Å²) in [6, 6.07) is 0. The molecule has 0 amide bonds. The summed E-state index contributed by atoms with van der Waals surface area (Å²) < 4.78 is 0. The van der Waals surface area contributed by atoms with E-state index in [1.54, 1.807) is 0 Å². The number of rotatable bonds is 3. The molecule has 0 aromatic carbocycles. The Morgan fingerprint density at radius 2 is 1.85 bits per heavy atom. The van der Waals surface area contributed by atoms with Gasteiger partial charge in [0, 0.05) is 11.3 Å². The average Bonchev–Trinajstić information content (AvgIpc) is 2.04. The Hall–Kier alpha value is -1.32. The van der Waals surface area contributed by atoms with Crippen LogP contribution >= 0.6 is 0 Å². The van der Waals surface area contributed by atoms with E-state index in [4.69, 9.17) is 0 Å². The predicted octanol–water partition coefficient (Wildman–Crippen LogP) is 0.578. The van der Waals surface area contributed by atoms with Crippen LogP contribution in [0.15, 0.2) is 9.59 Å². The first-order chi connectivity index (χ1) is 6.19. The normalized spacial score (nSPS) is 10.3. The van der Waals surface area contributed by atoms with Crippen molar-refractivity contribution in [3.8, 4) is 0 Å². The van der Waals surface area contributed by atoms with Crippen LogP contribution < -0.4 is 11.2 Å². The van der Waals surface area contributed by atoms with Crippen LogP contribution in [0.25, 0.3) is 0 Å². The van der Waals surface area contributed by atoms with Crippen LogP contribution in [-0.4, -0.2) is 9.97 Å². The number of hydrogen-bond donors (Lipinski definition) is 2. The Morgan fingerprint density at radius 3 is 2.38 bits per heavy atom. The van der Waals surface area contributed by atoms with Crippen molar-refractivity contribution in [3.63, 3.8) is 0 Å². The summed E-state index contributed by atoms with van der Waals surface area (Å²) in [5.74, 6) is 0. The molecule has 0 spiro atoms. The fourth-order valence-corrected chi connectivity index (χ4v) is 1.40. The second-order valence-corrected chi connectivity index (χ2v) is 2.97. The van der Waals surface area contributed by atoms with E-state index in [0.717, 1.165) is 18.5 Å². The lowest BCUT2D eigenvalue weighted by atomic mass is 10.1. The van der Waals surface area contributed by atoms with Gasteiger partial charge in [0.2, 0.25) is 0 Å². The van der Waals surface area contributed by atoms with Crippen LogP contribution in [0, 0.1) is 0 Å². The molecule has 0 atom stereocenters. The number of hydrogen-bond acceptors (Lipinski definition) is 2. The first-order valence-electron chi connectivity index (χ1n) is 4.53. The molecule has 72 valence electrons. The van der Waals surface area contributed by atoms with Gasteiger partial charge in [-0.3, -0.25) is 9.78 Å². The number of H-pyrrole nitrogens is 2. The van der Waals surface area contributed by atoms with Crippen molar-refractivity contribution in [2.75, 3.05) is 0 Å². The molecule has 1 rings (SSSR count). The van der Waals surface area contributed by atoms with Crippen LogP contribution in [0.1, 0.15) is 31.5 Å². The van der Waals surface area contributed by atoms with Gasteiger partial charge in [-0.1, -0.05) is 20.3 Å². The van der Waals surface area contributed by atoms with Crippen molar-refractivity contribution < 1.29 is 0 Å². The number of aromatic amines is 2. The summed E-state index contributed by atoms with van der Waals surface area (Å²) in [5.41, 5.74) is 0.806. The molecule has 0 aliphatic rings. The molecule has 0 unspecified atom stereocenters. The van der Waals surface area contributed by atoms with E-state index in [1.165, 1.54) is 0 Å². The third-order valence-corrected chi connectivity index (χ3v) is 1.98. The molecular weight excluding hydrogens is 168 g/mol. The molecule has 0 aliphatic carbocycles. The lowest BCUT2D eigenvalue weighted by molar-refractivity contribution is 0.816. The molecule has 0 saturated heterocycles. The zero-order chi connectivity index (χ0) is 9.84. The fourth-order valence-electron chi connectivity index (χ4n) is 1.40. The first-order valence-corrected chi connectivity index (χ1v) is 4.53. The van der Waals surface area contributed by atoms with E-state index in [1.807, 2.05) is 13.8 Å². The molecule has 0 bridgehead atoms. The van der Waals surface area contributed by atoms with Gasteiger partial charge >= 0.3 is 5.69 Å². The van der Waals surface area contributed by atoms with Gasteiger partial charge in [-0.2, -0.15) is 0 Å². The highest BCUT2D eigenvalue weighted by molar-refractivity contribution is 5.15. The monoisotopic (exact) mass is 182 g/mol. The lowest BCUT2D eigenvalue weighted by Gasteiger charge is -2.03. The molecular formula is C9H14N2O2. The minimum Gasteiger partial charge on any atom is -0.311 e. The van der Waals surface area contributed by atoms with Crippen LogP contribution in [0.3, 0.4) is 0 Å². The molecule has 0 aliphatic heterocycles. The van der Waals surface area contributed by atoms with E-state index in [9.17, 15) is 9.59 Å². The maximum Gasteiger partial charge on any atom is 0.325 e. The molecule has 2 N–H and O–H groups in total. The molecule has 1 heterocycles. The summed E-state index contributed by atoms with van der Waals surface area (Å²) >= 11 is 0. The third kappa shape index (κ3) is 2.08. The zero-order valence-corrected chi connectivity index (χ0v) is 7.94. The molecule has 4 heteroatoms. The average molecular weight is 182 g/mol. The van der Waals surface area contributed by atoms with Crippen molar-refractivity contribution in [2.24, 2.45) is 0 Å². The van der Waals surface area contributed by atoms with Crippen LogP contribution in [-0.2, 0) is 12.8 Å². The second kappa shape index (κ2) is 4.07. The topological polar surface area (TPSA) is 65.7 Å². The highest BCUT2D eigenvalue weighted by Crippen LogP contribution is 2.01. The highest BCUT2D eigenvalue weighted by atomic mass is 16.2. The zero-order valence-electron chi connectivity index (χ0n) is 7.94. The maximum atomic E-state index is 11.3. The summed E-state index contributed by atoms with van der Waals surface area (Å²) in [4.78, 5) is 27.1. The van der Waals surface area contributed by atoms with Gasteiger partial charge in [-0.05, 0) is 12.8 Å². The highest BCUT2D eigenvalue weighted by Gasteiger charge is 2.05. The Morgan fingerprint density at radius 1 is 1.15 bits per heavy atom. The summed E-state index contributed by atoms with van der Waals surface area (Å²) in [5, 5.41) is 0. The molecule has 0 fully saturated rings. The Bertz CT molecular complexity index is 389. The van der Waals surface area contributed by atoms with Crippen LogP contribution in [0.4, 0.5) is 0 Å². The van der Waals surface area contributed by atoms with E-state index in [0.29, 0.717) is 12.0 Å². The lowest BCUT2D eigenvalue weighted by Crippen LogP contribution is -2.27. The minimum atomic E-state index is -0.411. The Kier molecular flexibility index (Phi) is 3.06. The maximum absolute atomic E-state index is 11.3. The number of nitrogens with one attached hydrogen (secondary N) is 2. The van der Waals surface area contributed by atoms with Crippen molar-refractivity contribution in [1.82, 2.24) is 9.97 Å². The van der Waals surface area contributed by atoms with Crippen LogP contribution in [0.2, 0.25) is 0 Å². The molecule has 1 aromatic heterocycles. The van der Waals surface area contributed by atoms with Gasteiger partial charge in [0.25, 0.3) is 5.56 Å². The van der Waals surface area contributed by atoms with E-state index >= 15 is 0 Å². The molecule has 0 saturated carbocycles. The van der Waals surface area contributed by atoms with Gasteiger partial charge in [-0.25, -0.2) is 4.79 Å². The Balaban J connectivity index is 3.29. The van der Waals surface area contributed by atoms with Gasteiger partial charge in [0.1, 0.15) is 0 Å². The molecule has 13 heavy (non-hydrogen) atoms. The number of aromatic nitrogens is 2. The van der Waals surface area contributed by atoms with Crippen molar-refractivity contribution >= 4 is 0 Å². The van der Waals surface area contributed by atoms with Crippen molar-refractivity contribution in [3.05, 3.63) is 32.1 Å². The summed E-state index contributed by atoms with van der Waals surface area (Å²) in [6.45, 7) is 3.92. The van der Waals surface area contributed by atoms with Gasteiger partial charge in [0.05, 0.1) is 0 Å². The van der Waals surface area contributed by atoms with E-state index in [2.05, 4.69) is 9.97 Å². The standard InChI is InChI=1S/C9H14N2O2/c1-3-5-7-6(4-2)8(12)11-9(13)10-7/h3-5H2,1-2H3,(H2,10,11,12,13). The summed E-state index contributed by atoms with van der Waals surface area (Å²) in [6.07, 6.45) is 2.33. The van der Waals surface area contributed by atoms with E-state index < -0.39 is 5.69 Å². The Labute approximate surface area is 76.0 Å². The quantitative estimate of drug-likeness (QED) is 0.718. The van der Waals surface area contributed by atoms with Gasteiger partial charge < -0.3 is 4.98 Å². The first kappa shape index (κ1) is 9.77. The van der Waals surface area contributed by atoms with Crippen molar-refractivity contribution in [1.29, 1.82) is 0 Å². The second-order valence-electron chi connectivity index (χ2n) is 2.97. The van der Waals surface area contributed by atoms with Gasteiger partial charge in [0.15, 0.2) is 0 Å². The minimum absolute atomic E-state index is 0.255. The van der Waals surface area contributed by atoms with E-state index in [-0.39, 0.29) is 5.56 Å². The van der Waals surface area contributed by atoms with Crippen LogP contribution in [0.5, 0.6) is 0 Å². The van der Waals surface area contributed by atoms with Gasteiger partial charge in [-0.15, -0.1) is 0 Å². The molecule has 1 aromatic rings. The third-order valence-electron chi connectivity index (χ3n) is 1.98. The number of aryl methyl sites for hydroxylation is 1.